The Hall–Kier alpha value is -0.830. The second kappa shape index (κ2) is 11.7. The maximum absolute atomic E-state index is 10.4. The number of aliphatic hydroxyl groups is 1. The highest BCUT2D eigenvalue weighted by Gasteiger charge is 2.35. The van der Waals surface area contributed by atoms with Crippen LogP contribution in [0.2, 0.25) is 0 Å². The summed E-state index contributed by atoms with van der Waals surface area (Å²) in [6, 6.07) is 0. The fraction of sp³-hybridized carbons (Fsp3) is 0.706. The van der Waals surface area contributed by atoms with Gasteiger partial charge in [-0.2, -0.15) is 0 Å². The molecule has 5 heteroatoms. The van der Waals surface area contributed by atoms with Crippen LogP contribution in [-0.2, 0) is 9.53 Å². The van der Waals surface area contributed by atoms with E-state index in [2.05, 4.69) is 26.7 Å². The molecule has 1 rings (SSSR count). The minimum Gasteiger partial charge on any atom is -0.481 e. The average Bonchev–Trinajstić information content (AvgIpc) is 3.23. The van der Waals surface area contributed by atoms with Crippen LogP contribution in [-0.4, -0.2) is 34.5 Å². The second-order valence-electron chi connectivity index (χ2n) is 5.60. The molecule has 0 amide bonds. The Kier molecular flexibility index (Phi) is 10.2. The van der Waals surface area contributed by atoms with Crippen molar-refractivity contribution >= 4 is 21.9 Å². The first-order chi connectivity index (χ1) is 10.6. The van der Waals surface area contributed by atoms with E-state index in [1.54, 1.807) is 0 Å². The lowest BCUT2D eigenvalue weighted by atomic mass is 10.1. The first-order valence-electron chi connectivity index (χ1n) is 7.95. The number of carbonyl (C=O) groups is 1. The lowest BCUT2D eigenvalue weighted by molar-refractivity contribution is -0.137. The van der Waals surface area contributed by atoms with Crippen LogP contribution in [0.25, 0.3) is 0 Å². The summed E-state index contributed by atoms with van der Waals surface area (Å²) in [6.45, 7) is 0. The summed E-state index contributed by atoms with van der Waals surface area (Å²) < 4.78 is 5.51. The molecule has 1 aliphatic rings. The number of ether oxygens (including phenoxy) is 1. The van der Waals surface area contributed by atoms with E-state index in [4.69, 9.17) is 9.84 Å². The molecule has 1 aliphatic heterocycles. The van der Waals surface area contributed by atoms with Gasteiger partial charge in [0.25, 0.3) is 0 Å². The Morgan fingerprint density at radius 3 is 2.77 bits per heavy atom. The summed E-state index contributed by atoms with van der Waals surface area (Å²) in [5.41, 5.74) is 0. The molecular formula is C17H25BrO4. The number of rotatable bonds is 12. The summed E-state index contributed by atoms with van der Waals surface area (Å²) in [5, 5.41) is 18.4. The number of hydrogen-bond donors (Lipinski definition) is 2. The van der Waals surface area contributed by atoms with Gasteiger partial charge >= 0.3 is 5.97 Å². The predicted octanol–water partition coefficient (Wildman–Crippen LogP) is 3.62. The van der Waals surface area contributed by atoms with E-state index in [-0.39, 0.29) is 18.6 Å². The molecule has 4 nitrogen and oxygen atoms in total. The van der Waals surface area contributed by atoms with Crippen molar-refractivity contribution in [3.8, 4) is 10.8 Å². The average molecular weight is 373 g/mol. The van der Waals surface area contributed by atoms with E-state index in [9.17, 15) is 9.90 Å². The van der Waals surface area contributed by atoms with Crippen molar-refractivity contribution in [2.24, 2.45) is 0 Å². The monoisotopic (exact) mass is 372 g/mol. The number of aliphatic hydroxyl groups excluding tert-OH is 1. The van der Waals surface area contributed by atoms with E-state index in [0.29, 0.717) is 0 Å². The number of carboxylic acids is 1. The lowest BCUT2D eigenvalue weighted by Crippen LogP contribution is -2.03. The first-order valence-corrected chi connectivity index (χ1v) is 8.75. The topological polar surface area (TPSA) is 70.1 Å². The molecule has 2 N–H and O–H groups in total. The van der Waals surface area contributed by atoms with E-state index < -0.39 is 12.1 Å². The number of epoxide rings is 1. The largest absolute Gasteiger partial charge is 0.481 e. The van der Waals surface area contributed by atoms with Crippen molar-refractivity contribution in [1.82, 2.24) is 0 Å². The zero-order chi connectivity index (χ0) is 16.2. The maximum atomic E-state index is 10.4. The molecule has 0 aromatic rings. The van der Waals surface area contributed by atoms with Crippen LogP contribution in [0.5, 0.6) is 0 Å². The minimum absolute atomic E-state index is 0.155. The molecule has 0 bridgehead atoms. The zero-order valence-corrected chi connectivity index (χ0v) is 14.4. The van der Waals surface area contributed by atoms with Crippen molar-refractivity contribution < 1.29 is 19.7 Å². The van der Waals surface area contributed by atoms with Crippen molar-refractivity contribution in [2.45, 2.75) is 76.1 Å². The smallest absolute Gasteiger partial charge is 0.303 e. The van der Waals surface area contributed by atoms with Crippen LogP contribution < -0.4 is 0 Å². The third-order valence-corrected chi connectivity index (χ3v) is 3.92. The predicted molar refractivity (Wildman–Crippen MR) is 89.7 cm³/mol. The van der Waals surface area contributed by atoms with Crippen LogP contribution >= 0.6 is 15.9 Å². The number of hydrogen-bond acceptors (Lipinski definition) is 3. The molecule has 0 spiro atoms. The van der Waals surface area contributed by atoms with Gasteiger partial charge in [-0.25, -0.2) is 0 Å². The quantitative estimate of drug-likeness (QED) is 0.237. The Morgan fingerprint density at radius 2 is 2.05 bits per heavy atom. The van der Waals surface area contributed by atoms with Crippen molar-refractivity contribution in [3.05, 3.63) is 12.2 Å². The molecule has 0 radical (unpaired) electrons. The third-order valence-electron chi connectivity index (χ3n) is 3.64. The number of aliphatic carboxylic acids is 1. The first kappa shape index (κ1) is 19.2. The number of unbranched alkanes of at least 4 members (excludes halogenated alkanes) is 4. The molecule has 0 aliphatic carbocycles. The molecule has 22 heavy (non-hydrogen) atoms. The van der Waals surface area contributed by atoms with Gasteiger partial charge in [0.2, 0.25) is 0 Å². The van der Waals surface area contributed by atoms with Gasteiger partial charge in [-0.05, 0) is 30.5 Å². The van der Waals surface area contributed by atoms with Crippen LogP contribution in [0.4, 0.5) is 0 Å². The Bertz CT molecular complexity index is 411. The molecule has 0 saturated carbocycles. The van der Waals surface area contributed by atoms with Gasteiger partial charge in [-0.15, -0.1) is 0 Å². The Labute approximate surface area is 141 Å². The van der Waals surface area contributed by atoms with Crippen LogP contribution in [0.3, 0.4) is 0 Å². The summed E-state index contributed by atoms with van der Waals surface area (Å²) >= 11 is 3.07. The second-order valence-corrected chi connectivity index (χ2v) is 6.00. The Balaban J connectivity index is 1.97. The molecule has 1 fully saturated rings. The molecule has 124 valence electrons. The summed E-state index contributed by atoms with van der Waals surface area (Å²) in [4.78, 5) is 13.0. The minimum atomic E-state index is -0.735. The highest BCUT2D eigenvalue weighted by atomic mass is 79.9. The highest BCUT2D eigenvalue weighted by Crippen LogP contribution is 2.28. The maximum Gasteiger partial charge on any atom is 0.303 e. The molecule has 1 heterocycles. The van der Waals surface area contributed by atoms with Gasteiger partial charge in [0.15, 0.2) is 0 Å². The standard InChI is InChI=1S/C17H25BrO4/c18-13-7-3-5-9-15-16(22-15)12-11-14(19)8-4-1-2-6-10-17(20)21/h11-12,14-16,19H,1-6,8-10H2,(H,20,21)/b12-11+/t14-,15?,16?/m0/s1. The SMILES string of the molecule is O=C(O)CCCCCC[C@H](O)/C=C/C1OC1CCCC#CBr. The lowest BCUT2D eigenvalue weighted by Gasteiger charge is -2.04. The van der Waals surface area contributed by atoms with Crippen molar-refractivity contribution in [1.29, 1.82) is 0 Å². The van der Waals surface area contributed by atoms with Crippen molar-refractivity contribution in [3.63, 3.8) is 0 Å². The molecule has 1 saturated heterocycles. The van der Waals surface area contributed by atoms with Gasteiger partial charge in [0.1, 0.15) is 6.10 Å². The van der Waals surface area contributed by atoms with E-state index in [1.807, 2.05) is 12.2 Å². The van der Waals surface area contributed by atoms with Gasteiger partial charge in [-0.3, -0.25) is 4.79 Å². The fourth-order valence-electron chi connectivity index (χ4n) is 2.31. The van der Waals surface area contributed by atoms with Gasteiger partial charge < -0.3 is 14.9 Å². The van der Waals surface area contributed by atoms with Crippen LogP contribution in [0.15, 0.2) is 12.2 Å². The van der Waals surface area contributed by atoms with Crippen LogP contribution in [0, 0.1) is 10.8 Å². The third kappa shape index (κ3) is 9.99. The zero-order valence-electron chi connectivity index (χ0n) is 12.8. The van der Waals surface area contributed by atoms with Gasteiger partial charge in [-0.1, -0.05) is 37.3 Å². The number of carboxylic acid groups (broad SMARTS) is 1. The summed E-state index contributed by atoms with van der Waals surface area (Å²) in [7, 11) is 0. The highest BCUT2D eigenvalue weighted by molar-refractivity contribution is 9.12. The van der Waals surface area contributed by atoms with E-state index >= 15 is 0 Å². The molecule has 0 aromatic heterocycles. The fourth-order valence-corrected chi connectivity index (χ4v) is 2.51. The molecule has 2 unspecified atom stereocenters. The van der Waals surface area contributed by atoms with Crippen LogP contribution in [0.1, 0.15) is 57.8 Å². The number of halogens is 1. The summed E-state index contributed by atoms with van der Waals surface area (Å²) in [5.74, 6) is 2.23. The van der Waals surface area contributed by atoms with E-state index in [1.165, 1.54) is 0 Å². The molecular weight excluding hydrogens is 348 g/mol. The summed E-state index contributed by atoms with van der Waals surface area (Å²) in [6.07, 6.45) is 11.2. The van der Waals surface area contributed by atoms with Gasteiger partial charge in [0.05, 0.1) is 12.2 Å². The van der Waals surface area contributed by atoms with Crippen molar-refractivity contribution in [2.75, 3.05) is 0 Å². The van der Waals surface area contributed by atoms with E-state index in [0.717, 1.165) is 51.4 Å². The normalized spacial score (nSPS) is 21.4. The molecule has 0 aromatic carbocycles. The Morgan fingerprint density at radius 1 is 1.27 bits per heavy atom. The van der Waals surface area contributed by atoms with Gasteiger partial charge in [0, 0.05) is 28.8 Å². The molecule has 3 atom stereocenters.